The predicted molar refractivity (Wildman–Crippen MR) is 82.8 cm³/mol. The highest BCUT2D eigenvalue weighted by atomic mass is 35.5. The summed E-state index contributed by atoms with van der Waals surface area (Å²) in [6.07, 6.45) is 0.410. The van der Waals surface area contributed by atoms with Crippen LogP contribution in [0.5, 0.6) is 11.6 Å². The van der Waals surface area contributed by atoms with E-state index in [0.717, 1.165) is 0 Å². The largest absolute Gasteiger partial charge is 0.437 e. The lowest BCUT2D eigenvalue weighted by atomic mass is 10.2. The molecule has 23 heavy (non-hydrogen) atoms. The molecule has 0 aliphatic carbocycles. The number of aromatic nitrogens is 2. The molecule has 0 saturated carbocycles. The van der Waals surface area contributed by atoms with E-state index in [2.05, 4.69) is 9.97 Å². The van der Waals surface area contributed by atoms with Crippen LogP contribution in [-0.4, -0.2) is 20.8 Å². The van der Waals surface area contributed by atoms with Crippen molar-refractivity contribution in [2.75, 3.05) is 0 Å². The van der Waals surface area contributed by atoms with Gasteiger partial charge >= 0.3 is 0 Å². The van der Waals surface area contributed by atoms with Crippen LogP contribution < -0.4 is 10.5 Å². The van der Waals surface area contributed by atoms with Gasteiger partial charge in [0, 0.05) is 6.07 Å². The standard InChI is InChI=1S/C14H13ClN4O4/c1-3-8-14(18-12(15)11(17-8)13(16)20)23-10-6-4-5-9(7(10)2)19(21)22/h4-6H,3H2,1-2H3,(H2,16,20). The minimum atomic E-state index is -0.796. The second-order valence-corrected chi connectivity index (χ2v) is 4.95. The van der Waals surface area contributed by atoms with Crippen LogP contribution in [-0.2, 0) is 6.42 Å². The number of halogens is 1. The summed E-state index contributed by atoms with van der Waals surface area (Å²) in [7, 11) is 0. The number of nitrogens with zero attached hydrogens (tertiary/aromatic N) is 3. The van der Waals surface area contributed by atoms with Gasteiger partial charge in [-0.2, -0.15) is 4.98 Å². The fourth-order valence-electron chi connectivity index (χ4n) is 1.92. The Hall–Kier alpha value is -2.74. The number of benzene rings is 1. The van der Waals surface area contributed by atoms with Crippen molar-refractivity contribution in [3.05, 3.63) is 50.4 Å². The van der Waals surface area contributed by atoms with Gasteiger partial charge in [0.2, 0.25) is 5.88 Å². The third-order valence-electron chi connectivity index (χ3n) is 3.12. The van der Waals surface area contributed by atoms with Crippen LogP contribution in [0.4, 0.5) is 5.69 Å². The number of aryl methyl sites for hydroxylation is 1. The smallest absolute Gasteiger partial charge is 0.276 e. The number of hydrogen-bond acceptors (Lipinski definition) is 6. The lowest BCUT2D eigenvalue weighted by Gasteiger charge is -2.12. The first-order chi connectivity index (χ1) is 10.8. The van der Waals surface area contributed by atoms with Gasteiger partial charge in [-0.15, -0.1) is 0 Å². The van der Waals surface area contributed by atoms with Crippen molar-refractivity contribution >= 4 is 23.2 Å². The first-order valence-electron chi connectivity index (χ1n) is 6.63. The molecular weight excluding hydrogens is 324 g/mol. The van der Waals surface area contributed by atoms with Crippen molar-refractivity contribution in [2.24, 2.45) is 5.73 Å². The highest BCUT2D eigenvalue weighted by molar-refractivity contribution is 6.32. The summed E-state index contributed by atoms with van der Waals surface area (Å²) < 4.78 is 5.62. The lowest BCUT2D eigenvalue weighted by molar-refractivity contribution is -0.385. The van der Waals surface area contributed by atoms with Crippen LogP contribution in [0.15, 0.2) is 18.2 Å². The minimum Gasteiger partial charge on any atom is -0.437 e. The Labute approximate surface area is 136 Å². The summed E-state index contributed by atoms with van der Waals surface area (Å²) in [6.45, 7) is 3.35. The number of carbonyl (C=O) groups excluding carboxylic acids is 1. The third-order valence-corrected chi connectivity index (χ3v) is 3.38. The molecule has 2 rings (SSSR count). The molecule has 2 N–H and O–H groups in total. The molecule has 0 spiro atoms. The molecule has 0 atom stereocenters. The SMILES string of the molecule is CCc1nc(C(N)=O)c(Cl)nc1Oc1cccc([N+](=O)[O-])c1C. The zero-order valence-corrected chi connectivity index (χ0v) is 13.1. The summed E-state index contributed by atoms with van der Waals surface area (Å²) in [4.78, 5) is 29.8. The van der Waals surface area contributed by atoms with Crippen LogP contribution in [0, 0.1) is 17.0 Å². The molecule has 0 unspecified atom stereocenters. The van der Waals surface area contributed by atoms with Crippen molar-refractivity contribution in [3.63, 3.8) is 0 Å². The van der Waals surface area contributed by atoms with Crippen LogP contribution in [0.3, 0.4) is 0 Å². The van der Waals surface area contributed by atoms with E-state index in [1.165, 1.54) is 12.1 Å². The van der Waals surface area contributed by atoms with Crippen LogP contribution in [0.25, 0.3) is 0 Å². The number of carbonyl (C=O) groups is 1. The average molecular weight is 337 g/mol. The third kappa shape index (κ3) is 3.37. The highest BCUT2D eigenvalue weighted by Gasteiger charge is 2.19. The van der Waals surface area contributed by atoms with Crippen molar-refractivity contribution in [1.82, 2.24) is 9.97 Å². The van der Waals surface area contributed by atoms with Gasteiger partial charge < -0.3 is 10.5 Å². The quantitative estimate of drug-likeness (QED) is 0.661. The molecule has 1 amide bonds. The van der Waals surface area contributed by atoms with Crippen LogP contribution in [0.1, 0.15) is 28.7 Å². The number of ether oxygens (including phenoxy) is 1. The molecule has 0 fully saturated rings. The predicted octanol–water partition coefficient (Wildman–Crippen LogP) is 2.80. The lowest BCUT2D eigenvalue weighted by Crippen LogP contribution is -2.16. The monoisotopic (exact) mass is 336 g/mol. The minimum absolute atomic E-state index is 0.0751. The molecule has 1 aromatic carbocycles. The van der Waals surface area contributed by atoms with E-state index in [4.69, 9.17) is 22.1 Å². The number of nitro benzene ring substituents is 1. The second-order valence-electron chi connectivity index (χ2n) is 4.59. The van der Waals surface area contributed by atoms with E-state index in [1.54, 1.807) is 19.9 Å². The number of nitrogens with two attached hydrogens (primary N) is 1. The molecule has 1 heterocycles. The zero-order chi connectivity index (χ0) is 17.1. The van der Waals surface area contributed by atoms with Gasteiger partial charge in [0.05, 0.1) is 10.5 Å². The summed E-state index contributed by atoms with van der Waals surface area (Å²) >= 11 is 5.88. The Bertz CT molecular complexity index is 795. The topological polar surface area (TPSA) is 121 Å². The van der Waals surface area contributed by atoms with Crippen LogP contribution >= 0.6 is 11.6 Å². The van der Waals surface area contributed by atoms with Gasteiger partial charge in [0.1, 0.15) is 11.4 Å². The van der Waals surface area contributed by atoms with E-state index >= 15 is 0 Å². The number of hydrogen-bond donors (Lipinski definition) is 1. The van der Waals surface area contributed by atoms with Crippen molar-refractivity contribution in [2.45, 2.75) is 20.3 Å². The van der Waals surface area contributed by atoms with Crippen molar-refractivity contribution in [3.8, 4) is 11.6 Å². The molecule has 8 nitrogen and oxygen atoms in total. The maximum atomic E-state index is 11.3. The van der Waals surface area contributed by atoms with Gasteiger partial charge in [-0.05, 0) is 19.4 Å². The van der Waals surface area contributed by atoms with Crippen molar-refractivity contribution < 1.29 is 14.5 Å². The second kappa shape index (κ2) is 6.57. The molecule has 0 aliphatic rings. The Morgan fingerprint density at radius 3 is 2.70 bits per heavy atom. The summed E-state index contributed by atoms with van der Waals surface area (Å²) in [5, 5.41) is 10.8. The molecule has 0 aliphatic heterocycles. The fourth-order valence-corrected chi connectivity index (χ4v) is 2.13. The highest BCUT2D eigenvalue weighted by Crippen LogP contribution is 2.32. The number of amides is 1. The van der Waals surface area contributed by atoms with E-state index in [9.17, 15) is 14.9 Å². The Morgan fingerprint density at radius 2 is 2.13 bits per heavy atom. The molecule has 120 valence electrons. The number of rotatable bonds is 5. The van der Waals surface area contributed by atoms with E-state index in [-0.39, 0.29) is 28.2 Å². The van der Waals surface area contributed by atoms with E-state index < -0.39 is 10.8 Å². The first kappa shape index (κ1) is 16.6. The molecule has 1 aromatic heterocycles. The maximum Gasteiger partial charge on any atom is 0.276 e. The molecule has 0 radical (unpaired) electrons. The summed E-state index contributed by atoms with van der Waals surface area (Å²) in [6, 6.07) is 4.44. The Morgan fingerprint density at radius 1 is 1.43 bits per heavy atom. The Balaban J connectivity index is 2.49. The van der Waals surface area contributed by atoms with Crippen LogP contribution in [0.2, 0.25) is 5.15 Å². The molecule has 0 saturated heterocycles. The van der Waals surface area contributed by atoms with Gasteiger partial charge in [0.15, 0.2) is 10.8 Å². The Kier molecular flexibility index (Phi) is 4.75. The zero-order valence-electron chi connectivity index (χ0n) is 12.4. The van der Waals surface area contributed by atoms with Crippen molar-refractivity contribution in [1.29, 1.82) is 0 Å². The first-order valence-corrected chi connectivity index (χ1v) is 7.01. The average Bonchev–Trinajstić information content (AvgIpc) is 2.49. The molecule has 0 bridgehead atoms. The number of primary amides is 1. The van der Waals surface area contributed by atoms with Gasteiger partial charge in [-0.1, -0.05) is 24.6 Å². The molecular formula is C14H13ClN4O4. The van der Waals surface area contributed by atoms with E-state index in [0.29, 0.717) is 17.7 Å². The summed E-state index contributed by atoms with van der Waals surface area (Å²) in [5.74, 6) is -0.465. The molecule has 2 aromatic rings. The van der Waals surface area contributed by atoms with Gasteiger partial charge in [0.25, 0.3) is 11.6 Å². The maximum absolute atomic E-state index is 11.3. The van der Waals surface area contributed by atoms with Gasteiger partial charge in [-0.3, -0.25) is 14.9 Å². The fraction of sp³-hybridized carbons (Fsp3) is 0.214. The number of nitro groups is 1. The normalized spacial score (nSPS) is 10.4. The summed E-state index contributed by atoms with van der Waals surface area (Å²) in [5.41, 5.74) is 5.67. The van der Waals surface area contributed by atoms with Gasteiger partial charge in [-0.25, -0.2) is 4.98 Å². The van der Waals surface area contributed by atoms with E-state index in [1.807, 2.05) is 0 Å². The molecule has 9 heteroatoms.